The van der Waals surface area contributed by atoms with E-state index in [4.69, 9.17) is 0 Å². The number of carbonyl (C=O) groups excluding carboxylic acids is 1. The van der Waals surface area contributed by atoms with E-state index in [-0.39, 0.29) is 5.92 Å². The molecule has 2 atom stereocenters. The maximum atomic E-state index is 10.5. The fourth-order valence-corrected chi connectivity index (χ4v) is 2.84. The summed E-state index contributed by atoms with van der Waals surface area (Å²) in [5.41, 5.74) is 0. The van der Waals surface area contributed by atoms with Gasteiger partial charge in [-0.3, -0.25) is 4.79 Å². The van der Waals surface area contributed by atoms with Gasteiger partial charge in [-0.25, -0.2) is 0 Å². The van der Waals surface area contributed by atoms with Crippen molar-refractivity contribution in [3.05, 3.63) is 0 Å². The number of rotatable bonds is 3. The van der Waals surface area contributed by atoms with Crippen molar-refractivity contribution in [1.82, 2.24) is 0 Å². The zero-order valence-electron chi connectivity index (χ0n) is 7.01. The van der Waals surface area contributed by atoms with Crippen LogP contribution in [0.3, 0.4) is 0 Å². The lowest BCUT2D eigenvalue weighted by atomic mass is 9.89. The first-order valence-electron chi connectivity index (χ1n) is 4.34. The van der Waals surface area contributed by atoms with E-state index in [0.29, 0.717) is 5.92 Å². The van der Waals surface area contributed by atoms with Gasteiger partial charge in [-0.15, -0.1) is 0 Å². The molecule has 1 heterocycles. The molecule has 0 saturated carbocycles. The lowest BCUT2D eigenvalue weighted by Gasteiger charge is -2.24. The number of hydrogen-bond acceptors (Lipinski definition) is 2. The van der Waals surface area contributed by atoms with Gasteiger partial charge in [-0.1, -0.05) is 6.92 Å². The lowest BCUT2D eigenvalue weighted by Crippen LogP contribution is -2.21. The Bertz CT molecular complexity index is 119. The number of thioether (sulfide) groups is 1. The van der Waals surface area contributed by atoms with E-state index < -0.39 is 0 Å². The van der Waals surface area contributed by atoms with Crippen molar-refractivity contribution in [1.29, 1.82) is 0 Å². The first-order chi connectivity index (χ1) is 5.38. The van der Waals surface area contributed by atoms with Crippen molar-refractivity contribution < 1.29 is 4.79 Å². The molecule has 11 heavy (non-hydrogen) atoms. The van der Waals surface area contributed by atoms with Crippen LogP contribution in [-0.4, -0.2) is 17.8 Å². The minimum absolute atomic E-state index is 0.211. The standard InChI is InChI=1S/C9H15OS/c1-2-8(6-10)9-4-3-5-11-7-9/h8-9H,2-5,7H2,1H3. The first kappa shape index (κ1) is 9.11. The predicted octanol–water partition coefficient (Wildman–Crippen LogP) is 2.27. The van der Waals surface area contributed by atoms with Gasteiger partial charge in [0.25, 0.3) is 0 Å². The third-order valence-corrected chi connectivity index (χ3v) is 3.60. The Balaban J connectivity index is 2.35. The Hall–Kier alpha value is 0.0200. The van der Waals surface area contributed by atoms with Gasteiger partial charge in [0.1, 0.15) is 0 Å². The predicted molar refractivity (Wildman–Crippen MR) is 49.5 cm³/mol. The van der Waals surface area contributed by atoms with Crippen molar-refractivity contribution in [2.45, 2.75) is 26.2 Å². The molecule has 0 aromatic carbocycles. The van der Waals surface area contributed by atoms with Crippen LogP contribution in [0.2, 0.25) is 0 Å². The Morgan fingerprint density at radius 3 is 3.00 bits per heavy atom. The zero-order chi connectivity index (χ0) is 8.10. The van der Waals surface area contributed by atoms with Gasteiger partial charge in [-0.2, -0.15) is 11.8 Å². The Kier molecular flexibility index (Phi) is 3.98. The summed E-state index contributed by atoms with van der Waals surface area (Å²) in [6, 6.07) is 0. The van der Waals surface area contributed by atoms with Gasteiger partial charge >= 0.3 is 0 Å². The van der Waals surface area contributed by atoms with Gasteiger partial charge in [-0.05, 0) is 36.7 Å². The summed E-state index contributed by atoms with van der Waals surface area (Å²) in [4.78, 5) is 10.5. The lowest BCUT2D eigenvalue weighted by molar-refractivity contribution is 0.389. The summed E-state index contributed by atoms with van der Waals surface area (Å²) in [7, 11) is 0. The summed E-state index contributed by atoms with van der Waals surface area (Å²) in [6.45, 7) is 2.08. The van der Waals surface area contributed by atoms with Crippen molar-refractivity contribution >= 4 is 18.0 Å². The maximum Gasteiger partial charge on any atom is 0.202 e. The highest BCUT2D eigenvalue weighted by atomic mass is 32.2. The van der Waals surface area contributed by atoms with E-state index >= 15 is 0 Å². The summed E-state index contributed by atoms with van der Waals surface area (Å²) < 4.78 is 0. The molecule has 2 unspecified atom stereocenters. The third-order valence-electron chi connectivity index (χ3n) is 2.36. The van der Waals surface area contributed by atoms with E-state index in [1.54, 1.807) is 0 Å². The fraction of sp³-hybridized carbons (Fsp3) is 0.889. The molecule has 0 amide bonds. The normalized spacial score (nSPS) is 27.9. The van der Waals surface area contributed by atoms with Crippen LogP contribution in [0.15, 0.2) is 0 Å². The molecule has 1 aliphatic heterocycles. The molecule has 1 radical (unpaired) electrons. The minimum Gasteiger partial charge on any atom is -0.291 e. The SMILES string of the molecule is CCC([C]=O)C1CCCSC1. The zero-order valence-corrected chi connectivity index (χ0v) is 7.82. The summed E-state index contributed by atoms with van der Waals surface area (Å²) >= 11 is 1.98. The molecule has 1 rings (SSSR count). The van der Waals surface area contributed by atoms with Crippen molar-refractivity contribution in [3.8, 4) is 0 Å². The molecular weight excluding hydrogens is 156 g/mol. The van der Waals surface area contributed by atoms with E-state index in [2.05, 4.69) is 13.2 Å². The van der Waals surface area contributed by atoms with Crippen LogP contribution in [0, 0.1) is 11.8 Å². The highest BCUT2D eigenvalue weighted by molar-refractivity contribution is 7.99. The van der Waals surface area contributed by atoms with Crippen LogP contribution in [0.25, 0.3) is 0 Å². The van der Waals surface area contributed by atoms with Crippen LogP contribution in [0.1, 0.15) is 26.2 Å². The van der Waals surface area contributed by atoms with Crippen LogP contribution < -0.4 is 0 Å². The van der Waals surface area contributed by atoms with Gasteiger partial charge in [0, 0.05) is 5.92 Å². The second kappa shape index (κ2) is 4.81. The second-order valence-corrected chi connectivity index (χ2v) is 4.26. The molecule has 0 aromatic heterocycles. The van der Waals surface area contributed by atoms with Crippen molar-refractivity contribution in [2.75, 3.05) is 11.5 Å². The van der Waals surface area contributed by atoms with Crippen LogP contribution in [-0.2, 0) is 4.79 Å². The van der Waals surface area contributed by atoms with E-state index in [1.807, 2.05) is 11.8 Å². The average Bonchev–Trinajstić information content (AvgIpc) is 2.09. The molecule has 0 aliphatic carbocycles. The minimum atomic E-state index is 0.211. The van der Waals surface area contributed by atoms with Crippen LogP contribution in [0.5, 0.6) is 0 Å². The largest absolute Gasteiger partial charge is 0.291 e. The first-order valence-corrected chi connectivity index (χ1v) is 5.49. The Morgan fingerprint density at radius 1 is 1.73 bits per heavy atom. The van der Waals surface area contributed by atoms with Crippen molar-refractivity contribution in [2.24, 2.45) is 11.8 Å². The summed E-state index contributed by atoms with van der Waals surface area (Å²) in [6.07, 6.45) is 5.65. The summed E-state index contributed by atoms with van der Waals surface area (Å²) in [5.74, 6) is 3.29. The van der Waals surface area contributed by atoms with Gasteiger partial charge in [0.2, 0.25) is 6.29 Å². The molecule has 1 saturated heterocycles. The van der Waals surface area contributed by atoms with Gasteiger partial charge in [0.15, 0.2) is 0 Å². The highest BCUT2D eigenvalue weighted by Crippen LogP contribution is 2.29. The van der Waals surface area contributed by atoms with E-state index in [1.165, 1.54) is 24.3 Å². The molecule has 1 fully saturated rings. The molecule has 0 spiro atoms. The molecule has 2 heteroatoms. The van der Waals surface area contributed by atoms with Gasteiger partial charge in [0.05, 0.1) is 0 Å². The Labute approximate surface area is 72.9 Å². The van der Waals surface area contributed by atoms with Crippen molar-refractivity contribution in [3.63, 3.8) is 0 Å². The fourth-order valence-electron chi connectivity index (χ4n) is 1.60. The molecule has 0 bridgehead atoms. The average molecular weight is 171 g/mol. The van der Waals surface area contributed by atoms with E-state index in [0.717, 1.165) is 6.42 Å². The topological polar surface area (TPSA) is 17.1 Å². The summed E-state index contributed by atoms with van der Waals surface area (Å²) in [5, 5.41) is 0. The second-order valence-electron chi connectivity index (χ2n) is 3.11. The third kappa shape index (κ3) is 2.51. The molecule has 0 aromatic rings. The quantitative estimate of drug-likeness (QED) is 0.648. The van der Waals surface area contributed by atoms with Crippen LogP contribution in [0.4, 0.5) is 0 Å². The monoisotopic (exact) mass is 171 g/mol. The number of hydrogen-bond donors (Lipinski definition) is 0. The highest BCUT2D eigenvalue weighted by Gasteiger charge is 2.22. The Morgan fingerprint density at radius 2 is 2.55 bits per heavy atom. The maximum absolute atomic E-state index is 10.5. The smallest absolute Gasteiger partial charge is 0.202 e. The van der Waals surface area contributed by atoms with Gasteiger partial charge < -0.3 is 0 Å². The van der Waals surface area contributed by atoms with Crippen LogP contribution >= 0.6 is 11.8 Å². The van der Waals surface area contributed by atoms with E-state index in [9.17, 15) is 4.79 Å². The molecule has 63 valence electrons. The molecule has 1 aliphatic rings. The molecule has 0 N–H and O–H groups in total. The molecule has 1 nitrogen and oxygen atoms in total. The molecular formula is C9H15OS.